The molecule has 6 nitrogen and oxygen atoms in total. The van der Waals surface area contributed by atoms with Gasteiger partial charge < -0.3 is 15.0 Å². The van der Waals surface area contributed by atoms with Gasteiger partial charge in [-0.15, -0.1) is 0 Å². The summed E-state index contributed by atoms with van der Waals surface area (Å²) in [7, 11) is 0. The van der Waals surface area contributed by atoms with Gasteiger partial charge in [0.2, 0.25) is 0 Å². The Kier molecular flexibility index (Phi) is 4.62. The van der Waals surface area contributed by atoms with E-state index in [1.54, 1.807) is 6.33 Å². The Morgan fingerprint density at radius 2 is 2.10 bits per heavy atom. The first-order valence-electron chi connectivity index (χ1n) is 10.8. The summed E-state index contributed by atoms with van der Waals surface area (Å²) < 4.78 is 6.07. The van der Waals surface area contributed by atoms with E-state index in [0.29, 0.717) is 12.5 Å². The average Bonchev–Trinajstić information content (AvgIpc) is 3.52. The predicted octanol–water partition coefficient (Wildman–Crippen LogP) is 5.33. The van der Waals surface area contributed by atoms with Crippen LogP contribution in [0.1, 0.15) is 62.7 Å². The van der Waals surface area contributed by atoms with E-state index >= 15 is 0 Å². The summed E-state index contributed by atoms with van der Waals surface area (Å²) in [5, 5.41) is 14.2. The number of aromatic nitrogens is 3. The summed E-state index contributed by atoms with van der Waals surface area (Å²) in [4.78, 5) is 12.5. The molecule has 0 saturated heterocycles. The van der Waals surface area contributed by atoms with Gasteiger partial charge in [0.1, 0.15) is 23.5 Å². The van der Waals surface area contributed by atoms with Crippen molar-refractivity contribution in [1.82, 2.24) is 15.0 Å². The van der Waals surface area contributed by atoms with Crippen molar-refractivity contribution in [2.75, 3.05) is 11.9 Å². The van der Waals surface area contributed by atoms with Crippen LogP contribution in [0, 0.1) is 22.7 Å². The largest absolute Gasteiger partial charge is 0.493 e. The normalized spacial score (nSPS) is 21.0. The molecule has 0 unspecified atom stereocenters. The predicted molar refractivity (Wildman–Crippen MR) is 116 cm³/mol. The number of benzene rings is 1. The van der Waals surface area contributed by atoms with Gasteiger partial charge in [-0.05, 0) is 57.6 Å². The Morgan fingerprint density at radius 1 is 1.27 bits per heavy atom. The molecule has 0 bridgehead atoms. The first-order valence-corrected chi connectivity index (χ1v) is 10.8. The quantitative estimate of drug-likeness (QED) is 0.583. The zero-order valence-corrected chi connectivity index (χ0v) is 17.5. The molecule has 1 aromatic carbocycles. The van der Waals surface area contributed by atoms with E-state index < -0.39 is 0 Å². The van der Waals surface area contributed by atoms with Gasteiger partial charge in [-0.3, -0.25) is 0 Å². The van der Waals surface area contributed by atoms with Crippen LogP contribution in [0.2, 0.25) is 0 Å². The minimum Gasteiger partial charge on any atom is -0.493 e. The van der Waals surface area contributed by atoms with E-state index in [9.17, 15) is 5.26 Å². The van der Waals surface area contributed by atoms with Crippen molar-refractivity contribution in [3.05, 3.63) is 47.9 Å². The average molecular weight is 402 g/mol. The molecule has 1 aliphatic heterocycles. The highest BCUT2D eigenvalue weighted by Gasteiger charge is 2.33. The van der Waals surface area contributed by atoms with Crippen LogP contribution in [-0.2, 0) is 0 Å². The number of ether oxygens (including phenoxy) is 1. The topological polar surface area (TPSA) is 86.6 Å². The number of hydrogen-bond acceptors (Lipinski definition) is 5. The molecule has 0 spiro atoms. The van der Waals surface area contributed by atoms with Crippen molar-refractivity contribution in [1.29, 1.82) is 5.26 Å². The molecule has 30 heavy (non-hydrogen) atoms. The third-order valence-corrected chi connectivity index (χ3v) is 6.38. The third kappa shape index (κ3) is 3.60. The van der Waals surface area contributed by atoms with Crippen molar-refractivity contribution in [3.63, 3.8) is 0 Å². The van der Waals surface area contributed by atoms with Crippen LogP contribution >= 0.6 is 0 Å². The molecule has 3 heterocycles. The van der Waals surface area contributed by atoms with Crippen molar-refractivity contribution in [2.45, 2.75) is 51.5 Å². The van der Waals surface area contributed by atoms with Crippen LogP contribution < -0.4 is 10.1 Å². The van der Waals surface area contributed by atoms with E-state index in [2.05, 4.69) is 44.5 Å². The van der Waals surface area contributed by atoms with Gasteiger partial charge in [0.15, 0.2) is 0 Å². The number of fused-ring (bicyclic) bond motifs is 2. The number of para-hydroxylation sites is 1. The summed E-state index contributed by atoms with van der Waals surface area (Å²) in [6.07, 6.45) is 5.84. The zero-order chi connectivity index (χ0) is 20.7. The highest BCUT2D eigenvalue weighted by molar-refractivity contribution is 5.88. The second-order valence-corrected chi connectivity index (χ2v) is 9.25. The molecular formula is C24H27N5O. The molecule has 2 aliphatic rings. The number of nitrogens with one attached hydrogen (secondary N) is 2. The lowest BCUT2D eigenvalue weighted by Crippen LogP contribution is -2.32. The van der Waals surface area contributed by atoms with Crippen molar-refractivity contribution in [3.8, 4) is 11.8 Å². The number of hydrogen-bond donors (Lipinski definition) is 2. The minimum atomic E-state index is -0.344. The van der Waals surface area contributed by atoms with Crippen LogP contribution in [0.4, 0.5) is 5.82 Å². The fourth-order valence-electron chi connectivity index (χ4n) is 4.30. The second kappa shape index (κ2) is 7.32. The van der Waals surface area contributed by atoms with E-state index in [0.717, 1.165) is 41.0 Å². The molecule has 154 valence electrons. The summed E-state index contributed by atoms with van der Waals surface area (Å²) in [5.41, 5.74) is 2.95. The first-order chi connectivity index (χ1) is 14.5. The summed E-state index contributed by atoms with van der Waals surface area (Å²) >= 11 is 0. The zero-order valence-electron chi connectivity index (χ0n) is 17.5. The fraction of sp³-hybridized carbons (Fsp3) is 0.458. The number of nitrogens with zero attached hydrogens (tertiary/aromatic N) is 3. The van der Waals surface area contributed by atoms with Gasteiger partial charge in [0.05, 0.1) is 29.5 Å². The van der Waals surface area contributed by atoms with Crippen LogP contribution in [-0.4, -0.2) is 21.6 Å². The monoisotopic (exact) mass is 401 g/mol. The highest BCUT2D eigenvalue weighted by Crippen LogP contribution is 2.43. The molecule has 2 aromatic heterocycles. The van der Waals surface area contributed by atoms with E-state index in [1.165, 1.54) is 18.5 Å². The summed E-state index contributed by atoms with van der Waals surface area (Å²) in [5.74, 6) is 2.66. The SMILES string of the molecule is CC(C)(C#N)CC[C@H]1COc2ccccc2[C@@H]1Nc1ncnc2[nH]c(C3CC3)cc12. The van der Waals surface area contributed by atoms with Crippen LogP contribution in [0.3, 0.4) is 0 Å². The lowest BCUT2D eigenvalue weighted by molar-refractivity contribution is 0.182. The molecule has 2 N–H and O–H groups in total. The van der Waals surface area contributed by atoms with Crippen molar-refractivity contribution < 1.29 is 4.74 Å². The summed E-state index contributed by atoms with van der Waals surface area (Å²) in [6, 6.07) is 12.9. The Balaban J connectivity index is 1.48. The van der Waals surface area contributed by atoms with E-state index in [4.69, 9.17) is 4.74 Å². The number of nitriles is 1. The maximum atomic E-state index is 9.44. The molecule has 1 aliphatic carbocycles. The number of rotatable bonds is 6. The Morgan fingerprint density at radius 3 is 2.90 bits per heavy atom. The standard InChI is InChI=1S/C24H27N5O/c1-24(2,13-25)10-9-16-12-30-20-6-4-3-5-17(20)21(16)29-23-18-11-19(15-7-8-15)28-22(18)26-14-27-23/h3-6,11,14-16,21H,7-10,12H2,1-2H3,(H2,26,27,28,29)/t16-,21+/m0/s1. The number of aromatic amines is 1. The molecule has 0 amide bonds. The number of anilines is 1. The Bertz CT molecular complexity index is 1110. The highest BCUT2D eigenvalue weighted by atomic mass is 16.5. The van der Waals surface area contributed by atoms with Gasteiger partial charge in [-0.2, -0.15) is 5.26 Å². The molecule has 6 heteroatoms. The molecule has 5 rings (SSSR count). The van der Waals surface area contributed by atoms with Crippen LogP contribution in [0.5, 0.6) is 5.75 Å². The molecule has 3 aromatic rings. The van der Waals surface area contributed by atoms with Crippen LogP contribution in [0.25, 0.3) is 11.0 Å². The van der Waals surface area contributed by atoms with E-state index in [1.807, 2.05) is 26.0 Å². The molecule has 1 fully saturated rings. The van der Waals surface area contributed by atoms with E-state index in [-0.39, 0.29) is 17.4 Å². The van der Waals surface area contributed by atoms with Gasteiger partial charge in [-0.25, -0.2) is 9.97 Å². The van der Waals surface area contributed by atoms with Crippen molar-refractivity contribution >= 4 is 16.9 Å². The minimum absolute atomic E-state index is 0.0711. The summed E-state index contributed by atoms with van der Waals surface area (Å²) in [6.45, 7) is 4.63. The Hall–Kier alpha value is -3.07. The third-order valence-electron chi connectivity index (χ3n) is 6.38. The second-order valence-electron chi connectivity index (χ2n) is 9.25. The maximum absolute atomic E-state index is 9.44. The van der Waals surface area contributed by atoms with Gasteiger partial charge in [0.25, 0.3) is 0 Å². The molecule has 0 radical (unpaired) electrons. The van der Waals surface area contributed by atoms with Gasteiger partial charge in [-0.1, -0.05) is 18.2 Å². The van der Waals surface area contributed by atoms with Crippen LogP contribution in [0.15, 0.2) is 36.7 Å². The Labute approximate surface area is 176 Å². The smallest absolute Gasteiger partial charge is 0.143 e. The molecule has 1 saturated carbocycles. The van der Waals surface area contributed by atoms with Crippen molar-refractivity contribution in [2.24, 2.45) is 11.3 Å². The first kappa shape index (κ1) is 18.9. The van der Waals surface area contributed by atoms with Gasteiger partial charge >= 0.3 is 0 Å². The lowest BCUT2D eigenvalue weighted by atomic mass is 9.81. The molecular weight excluding hydrogens is 374 g/mol. The molecule has 2 atom stereocenters. The maximum Gasteiger partial charge on any atom is 0.143 e. The lowest BCUT2D eigenvalue weighted by Gasteiger charge is -2.35. The fourth-order valence-corrected chi connectivity index (χ4v) is 4.30. The number of H-pyrrole nitrogens is 1. The van der Waals surface area contributed by atoms with Gasteiger partial charge in [0, 0.05) is 17.2 Å².